The van der Waals surface area contributed by atoms with Gasteiger partial charge in [0.2, 0.25) is 5.91 Å². The van der Waals surface area contributed by atoms with E-state index in [-0.39, 0.29) is 11.4 Å². The summed E-state index contributed by atoms with van der Waals surface area (Å²) in [6, 6.07) is 16.3. The lowest BCUT2D eigenvalue weighted by atomic mass is 10.2. The number of nitrogens with one attached hydrogen (secondary N) is 1. The van der Waals surface area contributed by atoms with Gasteiger partial charge in [0.25, 0.3) is 11.1 Å². The van der Waals surface area contributed by atoms with Crippen molar-refractivity contribution < 1.29 is 19.1 Å². The molecule has 0 atom stereocenters. The Balaban J connectivity index is 1.49. The first-order valence-corrected chi connectivity index (χ1v) is 12.2. The van der Waals surface area contributed by atoms with Gasteiger partial charge in [0, 0.05) is 17.1 Å². The number of rotatable bonds is 7. The monoisotopic (exact) mass is 509 g/mol. The van der Waals surface area contributed by atoms with Crippen molar-refractivity contribution in [1.82, 2.24) is 9.47 Å². The van der Waals surface area contributed by atoms with Gasteiger partial charge in [-0.05, 0) is 86.6 Å². The predicted molar refractivity (Wildman–Crippen MR) is 139 cm³/mol. The summed E-state index contributed by atoms with van der Waals surface area (Å²) in [4.78, 5) is 39.2. The minimum atomic E-state index is -0.496. The van der Waals surface area contributed by atoms with Gasteiger partial charge in [-0.3, -0.25) is 19.3 Å². The van der Waals surface area contributed by atoms with Crippen LogP contribution < -0.4 is 10.1 Å². The van der Waals surface area contributed by atoms with Gasteiger partial charge in [-0.15, -0.1) is 0 Å². The molecule has 9 heteroatoms. The zero-order chi connectivity index (χ0) is 25.1. The highest BCUT2D eigenvalue weighted by Crippen LogP contribution is 2.34. The average Bonchev–Trinajstić information content (AvgIpc) is 3.25. The first-order valence-electron chi connectivity index (χ1n) is 11.0. The van der Waals surface area contributed by atoms with Gasteiger partial charge >= 0.3 is 0 Å². The van der Waals surface area contributed by atoms with E-state index in [1.807, 2.05) is 55.7 Å². The second-order valence-electron chi connectivity index (χ2n) is 7.89. The van der Waals surface area contributed by atoms with E-state index in [4.69, 9.17) is 16.3 Å². The summed E-state index contributed by atoms with van der Waals surface area (Å²) >= 11 is 7.20. The molecule has 0 spiro atoms. The number of hydrogen-bond acceptors (Lipinski definition) is 5. The highest BCUT2D eigenvalue weighted by molar-refractivity contribution is 8.18. The zero-order valence-corrected chi connectivity index (χ0v) is 21.1. The Kier molecular flexibility index (Phi) is 7.33. The maximum absolute atomic E-state index is 12.9. The summed E-state index contributed by atoms with van der Waals surface area (Å²) < 4.78 is 7.39. The van der Waals surface area contributed by atoms with Gasteiger partial charge in [0.15, 0.2) is 0 Å². The molecule has 35 heavy (non-hydrogen) atoms. The molecule has 1 N–H and O–H groups in total. The Hall–Kier alpha value is -3.49. The number of carbonyl (C=O) groups is 3. The van der Waals surface area contributed by atoms with Crippen LogP contribution in [0.2, 0.25) is 5.02 Å². The molecule has 0 radical (unpaired) electrons. The Bertz CT molecular complexity index is 1330. The molecule has 0 bridgehead atoms. The highest BCUT2D eigenvalue weighted by Gasteiger charge is 2.36. The van der Waals surface area contributed by atoms with Crippen LogP contribution in [-0.2, 0) is 9.59 Å². The average molecular weight is 510 g/mol. The largest absolute Gasteiger partial charge is 0.494 e. The van der Waals surface area contributed by atoms with Crippen LogP contribution in [-0.4, -0.2) is 39.7 Å². The van der Waals surface area contributed by atoms with Crippen LogP contribution >= 0.6 is 23.4 Å². The molecule has 7 nitrogen and oxygen atoms in total. The van der Waals surface area contributed by atoms with Gasteiger partial charge in [0.05, 0.1) is 22.2 Å². The van der Waals surface area contributed by atoms with Gasteiger partial charge in [0.1, 0.15) is 12.3 Å². The fourth-order valence-electron chi connectivity index (χ4n) is 3.86. The number of imide groups is 1. The number of aryl methyl sites for hydroxylation is 1. The van der Waals surface area contributed by atoms with Crippen LogP contribution in [0.1, 0.15) is 23.9 Å². The maximum atomic E-state index is 12.9. The smallest absolute Gasteiger partial charge is 0.294 e. The molecule has 180 valence electrons. The van der Waals surface area contributed by atoms with E-state index in [1.165, 1.54) is 0 Å². The van der Waals surface area contributed by atoms with E-state index in [2.05, 4.69) is 5.32 Å². The molecule has 2 heterocycles. The zero-order valence-electron chi connectivity index (χ0n) is 19.5. The number of halogens is 1. The van der Waals surface area contributed by atoms with Crippen molar-refractivity contribution in [3.63, 3.8) is 0 Å². The van der Waals surface area contributed by atoms with Gasteiger partial charge in [-0.1, -0.05) is 23.7 Å². The van der Waals surface area contributed by atoms with Gasteiger partial charge < -0.3 is 14.6 Å². The molecule has 1 aliphatic rings. The lowest BCUT2D eigenvalue weighted by Gasteiger charge is -2.13. The Labute approximate surface area is 212 Å². The van der Waals surface area contributed by atoms with Crippen LogP contribution in [0.15, 0.2) is 59.5 Å². The molecule has 3 aromatic rings. The molecule has 0 saturated carbocycles. The maximum Gasteiger partial charge on any atom is 0.294 e. The van der Waals surface area contributed by atoms with Crippen molar-refractivity contribution in [3.8, 4) is 11.4 Å². The van der Waals surface area contributed by atoms with E-state index in [0.29, 0.717) is 23.1 Å². The lowest BCUT2D eigenvalue weighted by Crippen LogP contribution is -2.36. The van der Waals surface area contributed by atoms with E-state index >= 15 is 0 Å². The Morgan fingerprint density at radius 3 is 2.51 bits per heavy atom. The summed E-state index contributed by atoms with van der Waals surface area (Å²) in [7, 11) is 0. The van der Waals surface area contributed by atoms with E-state index in [0.717, 1.165) is 39.3 Å². The SMILES string of the molecule is CCOc1ccc(NC(=O)CN2C(=O)S/C(=C/c3cc(C)n(-c4ccccc4Cl)c3C)C2=O)cc1. The topological polar surface area (TPSA) is 80.6 Å². The fraction of sp³-hybridized carbons (Fsp3) is 0.192. The second kappa shape index (κ2) is 10.4. The molecule has 2 aromatic carbocycles. The number of aromatic nitrogens is 1. The third-order valence-electron chi connectivity index (χ3n) is 5.47. The first kappa shape index (κ1) is 24.6. The molecule has 3 amide bonds. The number of thioether (sulfide) groups is 1. The third-order valence-corrected chi connectivity index (χ3v) is 6.70. The summed E-state index contributed by atoms with van der Waals surface area (Å²) in [5, 5.41) is 2.83. The standard InChI is InChI=1S/C26H24ClN3O4S/c1-4-34-20-11-9-19(10-12-20)28-24(31)15-29-25(32)23(35-26(29)33)14-18-13-16(2)30(17(18)3)22-8-6-5-7-21(22)27/h5-14H,4,15H2,1-3H3,(H,28,31)/b23-14+. The number of para-hydroxylation sites is 1. The van der Waals surface area contributed by atoms with E-state index in [9.17, 15) is 14.4 Å². The Morgan fingerprint density at radius 1 is 1.11 bits per heavy atom. The molecule has 1 fully saturated rings. The molecule has 1 saturated heterocycles. The van der Waals surface area contributed by atoms with E-state index in [1.54, 1.807) is 30.3 Å². The minimum absolute atomic E-state index is 0.267. The molecule has 0 aliphatic carbocycles. The molecular formula is C26H24ClN3O4S. The fourth-order valence-corrected chi connectivity index (χ4v) is 4.91. The molecular weight excluding hydrogens is 486 g/mol. The van der Waals surface area contributed by atoms with Crippen LogP contribution in [0.25, 0.3) is 11.8 Å². The third kappa shape index (κ3) is 5.28. The quantitative estimate of drug-likeness (QED) is 0.406. The van der Waals surface area contributed by atoms with Crippen molar-refractivity contribution in [3.05, 3.63) is 81.5 Å². The summed E-state index contributed by atoms with van der Waals surface area (Å²) in [5.74, 6) is -0.269. The molecule has 0 unspecified atom stereocenters. The van der Waals surface area contributed by atoms with Crippen LogP contribution in [0.3, 0.4) is 0 Å². The van der Waals surface area contributed by atoms with Crippen LogP contribution in [0, 0.1) is 13.8 Å². The predicted octanol–water partition coefficient (Wildman–Crippen LogP) is 5.82. The molecule has 1 aliphatic heterocycles. The van der Waals surface area contributed by atoms with Crippen molar-refractivity contribution >= 4 is 52.2 Å². The van der Waals surface area contributed by atoms with Crippen molar-refractivity contribution in [2.75, 3.05) is 18.5 Å². The number of hydrogen-bond donors (Lipinski definition) is 1. The normalized spacial score (nSPS) is 14.6. The highest BCUT2D eigenvalue weighted by atomic mass is 35.5. The van der Waals surface area contributed by atoms with Crippen LogP contribution in [0.5, 0.6) is 5.75 Å². The first-order chi connectivity index (χ1) is 16.8. The number of benzene rings is 2. The van der Waals surface area contributed by atoms with Crippen LogP contribution in [0.4, 0.5) is 10.5 Å². The number of anilines is 1. The number of nitrogens with zero attached hydrogens (tertiary/aromatic N) is 2. The lowest BCUT2D eigenvalue weighted by molar-refractivity contribution is -0.127. The number of carbonyl (C=O) groups excluding carboxylic acids is 3. The second-order valence-corrected chi connectivity index (χ2v) is 9.29. The van der Waals surface area contributed by atoms with Crippen molar-refractivity contribution in [2.24, 2.45) is 0 Å². The van der Waals surface area contributed by atoms with Gasteiger partial charge in [-0.25, -0.2) is 0 Å². The van der Waals surface area contributed by atoms with Gasteiger partial charge in [-0.2, -0.15) is 0 Å². The summed E-state index contributed by atoms with van der Waals surface area (Å²) in [6.45, 7) is 5.94. The minimum Gasteiger partial charge on any atom is -0.494 e. The molecule has 1 aromatic heterocycles. The number of ether oxygens (including phenoxy) is 1. The number of amides is 3. The van der Waals surface area contributed by atoms with Crippen molar-refractivity contribution in [1.29, 1.82) is 0 Å². The Morgan fingerprint density at radius 2 is 1.83 bits per heavy atom. The molecule has 4 rings (SSSR count). The summed E-state index contributed by atoms with van der Waals surface area (Å²) in [6.07, 6.45) is 1.69. The van der Waals surface area contributed by atoms with Crippen molar-refractivity contribution in [2.45, 2.75) is 20.8 Å². The summed E-state index contributed by atoms with van der Waals surface area (Å²) in [5.41, 5.74) is 4.01. The van der Waals surface area contributed by atoms with E-state index < -0.39 is 17.1 Å².